The van der Waals surface area contributed by atoms with Crippen molar-refractivity contribution in [1.82, 2.24) is 10.2 Å². The molecule has 0 amide bonds. The summed E-state index contributed by atoms with van der Waals surface area (Å²) in [5.41, 5.74) is 1.18. The van der Waals surface area contributed by atoms with Crippen LogP contribution in [0.1, 0.15) is 38.3 Å². The van der Waals surface area contributed by atoms with Gasteiger partial charge in [-0.1, -0.05) is 44.2 Å². The minimum Gasteiger partial charge on any atom is -0.394 e. The predicted molar refractivity (Wildman–Crippen MR) is 83.7 cm³/mol. The summed E-state index contributed by atoms with van der Waals surface area (Å²) in [7, 11) is 0. The second-order valence-electron chi connectivity index (χ2n) is 6.28. The molecule has 1 fully saturated rings. The van der Waals surface area contributed by atoms with Crippen LogP contribution in [0, 0.1) is 5.92 Å². The first-order valence-electron chi connectivity index (χ1n) is 7.83. The van der Waals surface area contributed by atoms with Gasteiger partial charge in [0.25, 0.3) is 0 Å². The fourth-order valence-electron chi connectivity index (χ4n) is 3.02. The summed E-state index contributed by atoms with van der Waals surface area (Å²) >= 11 is 0. The zero-order valence-electron chi connectivity index (χ0n) is 12.8. The van der Waals surface area contributed by atoms with Crippen molar-refractivity contribution in [3.05, 3.63) is 35.9 Å². The minimum absolute atomic E-state index is 0.0675. The van der Waals surface area contributed by atoms with E-state index >= 15 is 0 Å². The minimum atomic E-state index is 0.0675. The zero-order chi connectivity index (χ0) is 14.4. The molecule has 2 rings (SSSR count). The van der Waals surface area contributed by atoms with Crippen molar-refractivity contribution >= 4 is 0 Å². The molecular formula is C17H28N2O. The third kappa shape index (κ3) is 4.58. The van der Waals surface area contributed by atoms with E-state index in [9.17, 15) is 5.11 Å². The molecule has 0 radical (unpaired) electrons. The van der Waals surface area contributed by atoms with Crippen LogP contribution in [-0.2, 0) is 0 Å². The van der Waals surface area contributed by atoms with E-state index in [-0.39, 0.29) is 12.6 Å². The van der Waals surface area contributed by atoms with Gasteiger partial charge in [0.1, 0.15) is 0 Å². The van der Waals surface area contributed by atoms with Crippen molar-refractivity contribution in [2.24, 2.45) is 5.92 Å². The van der Waals surface area contributed by atoms with Crippen LogP contribution < -0.4 is 5.32 Å². The van der Waals surface area contributed by atoms with E-state index in [0.717, 1.165) is 5.92 Å². The smallest absolute Gasteiger partial charge is 0.0626 e. The lowest BCUT2D eigenvalue weighted by Gasteiger charge is -2.35. The molecule has 0 aromatic heterocycles. The van der Waals surface area contributed by atoms with Crippen molar-refractivity contribution in [1.29, 1.82) is 0 Å². The third-order valence-electron chi connectivity index (χ3n) is 4.03. The quantitative estimate of drug-likeness (QED) is 0.837. The largest absolute Gasteiger partial charge is 0.394 e. The Labute approximate surface area is 123 Å². The maximum absolute atomic E-state index is 9.61. The molecule has 3 heteroatoms. The monoisotopic (exact) mass is 276 g/mol. The van der Waals surface area contributed by atoms with Gasteiger partial charge < -0.3 is 15.3 Å². The molecule has 2 N–H and O–H groups in total. The van der Waals surface area contributed by atoms with Crippen molar-refractivity contribution in [3.8, 4) is 0 Å². The topological polar surface area (TPSA) is 35.5 Å². The third-order valence-corrected chi connectivity index (χ3v) is 4.03. The molecule has 0 saturated carbocycles. The Hall–Kier alpha value is -0.900. The van der Waals surface area contributed by atoms with E-state index < -0.39 is 0 Å². The van der Waals surface area contributed by atoms with Gasteiger partial charge in [-0.3, -0.25) is 0 Å². The van der Waals surface area contributed by atoms with E-state index in [2.05, 4.69) is 36.2 Å². The van der Waals surface area contributed by atoms with Crippen LogP contribution in [0.4, 0.5) is 0 Å². The first-order chi connectivity index (χ1) is 9.69. The van der Waals surface area contributed by atoms with E-state index in [1.54, 1.807) is 0 Å². The summed E-state index contributed by atoms with van der Waals surface area (Å²) in [6.07, 6.45) is 2.35. The summed E-state index contributed by atoms with van der Waals surface area (Å²) < 4.78 is 0. The second-order valence-corrected chi connectivity index (χ2v) is 6.28. The first-order valence-corrected chi connectivity index (χ1v) is 7.83. The zero-order valence-corrected chi connectivity index (χ0v) is 12.8. The van der Waals surface area contributed by atoms with Crippen LogP contribution in [0.5, 0.6) is 0 Å². The van der Waals surface area contributed by atoms with E-state index in [1.165, 1.54) is 38.0 Å². The molecule has 3 nitrogen and oxygen atoms in total. The van der Waals surface area contributed by atoms with Gasteiger partial charge in [-0.2, -0.15) is 0 Å². The molecule has 1 heterocycles. The maximum atomic E-state index is 9.61. The van der Waals surface area contributed by atoms with E-state index in [1.807, 2.05) is 18.2 Å². The van der Waals surface area contributed by atoms with Crippen LogP contribution in [0.2, 0.25) is 0 Å². The van der Waals surface area contributed by atoms with Gasteiger partial charge in [-0.25, -0.2) is 0 Å². The number of hydrogen-bond acceptors (Lipinski definition) is 3. The number of likely N-dealkylation sites (tertiary alicyclic amines) is 1. The highest BCUT2D eigenvalue weighted by atomic mass is 16.3. The summed E-state index contributed by atoms with van der Waals surface area (Å²) in [5.74, 6) is 0.744. The van der Waals surface area contributed by atoms with Gasteiger partial charge >= 0.3 is 0 Å². The molecule has 1 saturated heterocycles. The summed E-state index contributed by atoms with van der Waals surface area (Å²) in [6, 6.07) is 10.8. The average Bonchev–Trinajstić information content (AvgIpc) is 2.47. The highest BCUT2D eigenvalue weighted by Gasteiger charge is 2.22. The molecule has 1 aliphatic heterocycles. The van der Waals surface area contributed by atoms with Gasteiger partial charge in [0.15, 0.2) is 0 Å². The molecule has 0 spiro atoms. The Balaban J connectivity index is 1.82. The lowest BCUT2D eigenvalue weighted by Crippen LogP contribution is -2.45. The number of rotatable bonds is 6. The molecule has 1 atom stereocenters. The number of nitrogens with zero attached hydrogens (tertiary/aromatic N) is 1. The number of aliphatic hydroxyl groups is 1. The van der Waals surface area contributed by atoms with Crippen LogP contribution in [0.3, 0.4) is 0 Å². The molecular weight excluding hydrogens is 248 g/mol. The highest BCUT2D eigenvalue weighted by molar-refractivity contribution is 5.19. The molecule has 1 aromatic rings. The Morgan fingerprint density at radius 3 is 2.40 bits per heavy atom. The van der Waals surface area contributed by atoms with Crippen LogP contribution in [-0.4, -0.2) is 42.3 Å². The standard InChI is InChI=1S/C17H28N2O/c1-14(2)12-19-10-8-16(9-11-19)18-17(13-20)15-6-4-3-5-7-15/h3-7,14,16-18,20H,8-13H2,1-2H3/t17-/m1/s1. The van der Waals surface area contributed by atoms with Crippen LogP contribution in [0.25, 0.3) is 0 Å². The second kappa shape index (κ2) is 7.77. The molecule has 1 aromatic carbocycles. The number of nitrogens with one attached hydrogen (secondary N) is 1. The Morgan fingerprint density at radius 1 is 1.20 bits per heavy atom. The Morgan fingerprint density at radius 2 is 1.85 bits per heavy atom. The lowest BCUT2D eigenvalue weighted by molar-refractivity contribution is 0.160. The Kier molecular flexibility index (Phi) is 6.02. The molecule has 0 bridgehead atoms. The average molecular weight is 276 g/mol. The predicted octanol–water partition coefficient (Wildman–Crippen LogP) is 2.43. The number of benzene rings is 1. The maximum Gasteiger partial charge on any atom is 0.0626 e. The SMILES string of the molecule is CC(C)CN1CCC(N[C@H](CO)c2ccccc2)CC1. The van der Waals surface area contributed by atoms with Gasteiger partial charge in [0.2, 0.25) is 0 Å². The van der Waals surface area contributed by atoms with Crippen LogP contribution in [0.15, 0.2) is 30.3 Å². The Bertz CT molecular complexity index is 372. The summed E-state index contributed by atoms with van der Waals surface area (Å²) in [6.45, 7) is 8.26. The number of hydrogen-bond donors (Lipinski definition) is 2. The van der Waals surface area contributed by atoms with Gasteiger partial charge in [-0.05, 0) is 37.4 Å². The van der Waals surface area contributed by atoms with Crippen LogP contribution >= 0.6 is 0 Å². The molecule has 1 aliphatic rings. The van der Waals surface area contributed by atoms with Crippen molar-refractivity contribution in [2.45, 2.75) is 38.8 Å². The van der Waals surface area contributed by atoms with Gasteiger partial charge in [-0.15, -0.1) is 0 Å². The molecule has 112 valence electrons. The van der Waals surface area contributed by atoms with Crippen molar-refractivity contribution < 1.29 is 5.11 Å². The summed E-state index contributed by atoms with van der Waals surface area (Å²) in [5, 5.41) is 13.2. The van der Waals surface area contributed by atoms with Crippen molar-refractivity contribution in [3.63, 3.8) is 0 Å². The molecule has 0 aliphatic carbocycles. The van der Waals surface area contributed by atoms with Crippen molar-refractivity contribution in [2.75, 3.05) is 26.2 Å². The first kappa shape index (κ1) is 15.5. The fourth-order valence-corrected chi connectivity index (χ4v) is 3.02. The summed E-state index contributed by atoms with van der Waals surface area (Å²) in [4.78, 5) is 2.55. The normalized spacial score (nSPS) is 19.4. The van der Waals surface area contributed by atoms with Gasteiger partial charge in [0, 0.05) is 12.6 Å². The number of aliphatic hydroxyl groups excluding tert-OH is 1. The van der Waals surface area contributed by atoms with E-state index in [4.69, 9.17) is 0 Å². The highest BCUT2D eigenvalue weighted by Crippen LogP contribution is 2.18. The fraction of sp³-hybridized carbons (Fsp3) is 0.647. The lowest BCUT2D eigenvalue weighted by atomic mass is 10.0. The molecule has 0 unspecified atom stereocenters. The number of piperidine rings is 1. The van der Waals surface area contributed by atoms with Gasteiger partial charge in [0.05, 0.1) is 12.6 Å². The van der Waals surface area contributed by atoms with E-state index in [0.29, 0.717) is 6.04 Å². The molecule has 20 heavy (non-hydrogen) atoms.